The first-order valence-corrected chi connectivity index (χ1v) is 7.51. The Bertz CT molecular complexity index is 584. The van der Waals surface area contributed by atoms with Crippen molar-refractivity contribution in [3.63, 3.8) is 0 Å². The molecule has 1 N–H and O–H groups in total. The number of aryl methyl sites for hydroxylation is 1. The smallest absolute Gasteiger partial charge is 0.121 e. The van der Waals surface area contributed by atoms with Crippen molar-refractivity contribution in [2.24, 2.45) is 0 Å². The molecule has 0 aliphatic heterocycles. The van der Waals surface area contributed by atoms with E-state index in [1.807, 2.05) is 25.1 Å². The van der Waals surface area contributed by atoms with Crippen LogP contribution in [-0.2, 0) is 6.54 Å². The molecule has 0 spiro atoms. The van der Waals surface area contributed by atoms with Crippen LogP contribution in [0.5, 0.6) is 5.75 Å². The van der Waals surface area contributed by atoms with Crippen molar-refractivity contribution in [2.75, 3.05) is 12.4 Å². The van der Waals surface area contributed by atoms with Gasteiger partial charge in [0.1, 0.15) is 5.75 Å². The number of methoxy groups -OCH3 is 1. The monoisotopic (exact) mass is 383 g/mol. The predicted molar refractivity (Wildman–Crippen MR) is 86.9 cm³/mol. The van der Waals surface area contributed by atoms with Crippen LogP contribution >= 0.6 is 31.9 Å². The molecular weight excluding hydrogens is 370 g/mol. The van der Waals surface area contributed by atoms with Gasteiger partial charge in [0.15, 0.2) is 0 Å². The zero-order valence-corrected chi connectivity index (χ0v) is 14.0. The molecule has 0 aliphatic rings. The molecule has 2 aromatic rings. The van der Waals surface area contributed by atoms with Crippen LogP contribution in [0.15, 0.2) is 45.3 Å². The Morgan fingerprint density at radius 3 is 2.47 bits per heavy atom. The molecule has 2 rings (SSSR count). The molecule has 19 heavy (non-hydrogen) atoms. The highest BCUT2D eigenvalue weighted by Crippen LogP contribution is 2.25. The molecule has 0 aliphatic carbocycles. The lowest BCUT2D eigenvalue weighted by molar-refractivity contribution is 0.412. The molecule has 2 nitrogen and oxygen atoms in total. The molecule has 2 aromatic carbocycles. The Kier molecular flexibility index (Phi) is 4.88. The zero-order valence-electron chi connectivity index (χ0n) is 10.8. The van der Waals surface area contributed by atoms with E-state index in [4.69, 9.17) is 4.74 Å². The molecule has 0 heterocycles. The van der Waals surface area contributed by atoms with Gasteiger partial charge in [-0.05, 0) is 80.2 Å². The summed E-state index contributed by atoms with van der Waals surface area (Å²) < 4.78 is 7.39. The maximum atomic E-state index is 5.25. The fourth-order valence-electron chi connectivity index (χ4n) is 1.84. The minimum atomic E-state index is 0.789. The number of benzene rings is 2. The van der Waals surface area contributed by atoms with E-state index >= 15 is 0 Å². The van der Waals surface area contributed by atoms with Crippen molar-refractivity contribution in [3.8, 4) is 5.75 Å². The Balaban J connectivity index is 2.05. The van der Waals surface area contributed by atoms with Gasteiger partial charge in [-0.25, -0.2) is 0 Å². The minimum Gasteiger partial charge on any atom is -0.496 e. The molecular formula is C15H15Br2NO. The highest BCUT2D eigenvalue weighted by atomic mass is 79.9. The van der Waals surface area contributed by atoms with Gasteiger partial charge in [0.05, 0.1) is 7.11 Å². The van der Waals surface area contributed by atoms with Gasteiger partial charge in [0.2, 0.25) is 0 Å². The summed E-state index contributed by atoms with van der Waals surface area (Å²) in [6.45, 7) is 2.83. The summed E-state index contributed by atoms with van der Waals surface area (Å²) in [7, 11) is 1.69. The summed E-state index contributed by atoms with van der Waals surface area (Å²) in [6, 6.07) is 12.3. The van der Waals surface area contributed by atoms with E-state index in [9.17, 15) is 0 Å². The molecule has 0 bridgehead atoms. The fourth-order valence-corrected chi connectivity index (χ4v) is 2.51. The van der Waals surface area contributed by atoms with E-state index in [2.05, 4.69) is 55.4 Å². The number of ether oxygens (including phenoxy) is 1. The lowest BCUT2D eigenvalue weighted by Gasteiger charge is -2.10. The summed E-state index contributed by atoms with van der Waals surface area (Å²) in [5.41, 5.74) is 3.45. The fraction of sp³-hybridized carbons (Fsp3) is 0.200. The third-order valence-electron chi connectivity index (χ3n) is 2.88. The van der Waals surface area contributed by atoms with Crippen LogP contribution < -0.4 is 10.1 Å². The average Bonchev–Trinajstić information content (AvgIpc) is 2.40. The van der Waals surface area contributed by atoms with Gasteiger partial charge < -0.3 is 10.1 Å². The Hall–Kier alpha value is -1.000. The first-order valence-electron chi connectivity index (χ1n) is 5.92. The van der Waals surface area contributed by atoms with E-state index in [0.717, 1.165) is 32.5 Å². The van der Waals surface area contributed by atoms with Crippen LogP contribution in [-0.4, -0.2) is 7.11 Å². The SMILES string of the molecule is COc1ccc(NCc2ccc(Br)c(Br)c2)cc1C. The van der Waals surface area contributed by atoms with E-state index in [1.165, 1.54) is 5.56 Å². The molecule has 0 aromatic heterocycles. The zero-order chi connectivity index (χ0) is 13.8. The van der Waals surface area contributed by atoms with Gasteiger partial charge >= 0.3 is 0 Å². The topological polar surface area (TPSA) is 21.3 Å². The van der Waals surface area contributed by atoms with Crippen molar-refractivity contribution >= 4 is 37.5 Å². The van der Waals surface area contributed by atoms with Gasteiger partial charge in [-0.15, -0.1) is 0 Å². The van der Waals surface area contributed by atoms with Crippen LogP contribution in [0.25, 0.3) is 0 Å². The van der Waals surface area contributed by atoms with Crippen LogP contribution in [0.2, 0.25) is 0 Å². The predicted octanol–water partition coefficient (Wildman–Crippen LogP) is 5.14. The van der Waals surface area contributed by atoms with Gasteiger partial charge in [-0.1, -0.05) is 6.07 Å². The maximum absolute atomic E-state index is 5.25. The van der Waals surface area contributed by atoms with E-state index in [0.29, 0.717) is 0 Å². The number of rotatable bonds is 4. The van der Waals surface area contributed by atoms with Crippen LogP contribution in [0, 0.1) is 6.92 Å². The highest BCUT2D eigenvalue weighted by Gasteiger charge is 2.01. The quantitative estimate of drug-likeness (QED) is 0.787. The molecule has 0 unspecified atom stereocenters. The second kappa shape index (κ2) is 6.44. The highest BCUT2D eigenvalue weighted by molar-refractivity contribution is 9.13. The third-order valence-corrected chi connectivity index (χ3v) is 4.76. The molecule has 0 radical (unpaired) electrons. The largest absolute Gasteiger partial charge is 0.496 e. The van der Waals surface area contributed by atoms with Crippen molar-refractivity contribution < 1.29 is 4.74 Å². The van der Waals surface area contributed by atoms with Gasteiger partial charge in [0.25, 0.3) is 0 Å². The van der Waals surface area contributed by atoms with Crippen LogP contribution in [0.3, 0.4) is 0 Å². The summed E-state index contributed by atoms with van der Waals surface area (Å²) >= 11 is 6.98. The number of nitrogens with one attached hydrogen (secondary N) is 1. The number of halogens is 2. The average molecular weight is 385 g/mol. The molecule has 0 amide bonds. The lowest BCUT2D eigenvalue weighted by Crippen LogP contribution is -2.00. The second-order valence-corrected chi connectivity index (χ2v) is 6.00. The molecule has 0 atom stereocenters. The second-order valence-electron chi connectivity index (χ2n) is 4.29. The normalized spacial score (nSPS) is 10.3. The Labute approximate surface area is 130 Å². The number of hydrogen-bond donors (Lipinski definition) is 1. The summed E-state index contributed by atoms with van der Waals surface area (Å²) in [5.74, 6) is 0.914. The van der Waals surface area contributed by atoms with Gasteiger partial charge in [-0.3, -0.25) is 0 Å². The maximum Gasteiger partial charge on any atom is 0.121 e. The molecule has 4 heteroatoms. The molecule has 0 saturated carbocycles. The van der Waals surface area contributed by atoms with E-state index < -0.39 is 0 Å². The Morgan fingerprint density at radius 2 is 1.84 bits per heavy atom. The molecule has 100 valence electrons. The summed E-state index contributed by atoms with van der Waals surface area (Å²) in [4.78, 5) is 0. The first-order chi connectivity index (χ1) is 9.10. The summed E-state index contributed by atoms with van der Waals surface area (Å²) in [6.07, 6.45) is 0. The van der Waals surface area contributed by atoms with Crippen molar-refractivity contribution in [2.45, 2.75) is 13.5 Å². The first kappa shape index (κ1) is 14.4. The standard InChI is InChI=1S/C15H15Br2NO/c1-10-7-12(4-6-15(10)19-2)18-9-11-3-5-13(16)14(17)8-11/h3-8,18H,9H2,1-2H3. The van der Waals surface area contributed by atoms with Crippen molar-refractivity contribution in [3.05, 3.63) is 56.5 Å². The minimum absolute atomic E-state index is 0.789. The van der Waals surface area contributed by atoms with Gasteiger partial charge in [0, 0.05) is 21.2 Å². The summed E-state index contributed by atoms with van der Waals surface area (Å²) in [5, 5.41) is 3.41. The van der Waals surface area contributed by atoms with E-state index in [-0.39, 0.29) is 0 Å². The number of anilines is 1. The Morgan fingerprint density at radius 1 is 1.05 bits per heavy atom. The van der Waals surface area contributed by atoms with Crippen LogP contribution in [0.4, 0.5) is 5.69 Å². The lowest BCUT2D eigenvalue weighted by atomic mass is 10.2. The molecule has 0 fully saturated rings. The third kappa shape index (κ3) is 3.74. The molecule has 0 saturated heterocycles. The van der Waals surface area contributed by atoms with Crippen molar-refractivity contribution in [1.29, 1.82) is 0 Å². The van der Waals surface area contributed by atoms with E-state index in [1.54, 1.807) is 7.11 Å². The van der Waals surface area contributed by atoms with Gasteiger partial charge in [-0.2, -0.15) is 0 Å². The number of hydrogen-bond acceptors (Lipinski definition) is 2. The van der Waals surface area contributed by atoms with Crippen LogP contribution in [0.1, 0.15) is 11.1 Å². The van der Waals surface area contributed by atoms with Crippen molar-refractivity contribution in [1.82, 2.24) is 0 Å².